The summed E-state index contributed by atoms with van der Waals surface area (Å²) in [5, 5.41) is 9.38. The van der Waals surface area contributed by atoms with Crippen LogP contribution in [0.4, 0.5) is 0 Å². The van der Waals surface area contributed by atoms with Crippen LogP contribution in [0.1, 0.15) is 17.0 Å². The minimum atomic E-state index is -1.47. The Bertz CT molecular complexity index is 711. The number of hydrogen-bond donors (Lipinski definition) is 1. The Kier molecular flexibility index (Phi) is 5.78. The van der Waals surface area contributed by atoms with Gasteiger partial charge in [-0.1, -0.05) is 36.4 Å². The average Bonchev–Trinajstić information content (AvgIpc) is 2.61. The molecular formula is C18H18O6. The molecule has 0 amide bonds. The summed E-state index contributed by atoms with van der Waals surface area (Å²) in [4.78, 5) is 23.3. The van der Waals surface area contributed by atoms with Gasteiger partial charge in [-0.3, -0.25) is 9.59 Å². The molecule has 1 atom stereocenters. The molecule has 0 aliphatic carbocycles. The van der Waals surface area contributed by atoms with Crippen LogP contribution in [0.3, 0.4) is 0 Å². The standard InChI is InChI=1S/C18H18O6/c1-22-13-8-9-14(16(17(19)20)18(21)23-2)15(10-13)24-11-12-6-4-3-5-7-12/h3-10,16H,11H2,1-2H3,(H,19,20). The number of ether oxygens (including phenoxy) is 3. The van der Waals surface area contributed by atoms with Crippen molar-refractivity contribution in [1.82, 2.24) is 0 Å². The monoisotopic (exact) mass is 330 g/mol. The third kappa shape index (κ3) is 4.04. The lowest BCUT2D eigenvalue weighted by Crippen LogP contribution is -2.23. The maximum Gasteiger partial charge on any atom is 0.324 e. The van der Waals surface area contributed by atoms with Gasteiger partial charge in [0, 0.05) is 11.6 Å². The maximum absolute atomic E-state index is 11.8. The molecule has 126 valence electrons. The first-order chi connectivity index (χ1) is 11.6. The number of esters is 1. The molecule has 2 aromatic rings. The van der Waals surface area contributed by atoms with Crippen molar-refractivity contribution in [2.24, 2.45) is 0 Å². The van der Waals surface area contributed by atoms with Gasteiger partial charge in [0.2, 0.25) is 0 Å². The predicted molar refractivity (Wildman–Crippen MR) is 86.2 cm³/mol. The SMILES string of the molecule is COC(=O)C(C(=O)O)c1ccc(OC)cc1OCc1ccccc1. The second kappa shape index (κ2) is 8.01. The lowest BCUT2D eigenvalue weighted by molar-refractivity contribution is -0.152. The van der Waals surface area contributed by atoms with Crippen LogP contribution in [0.15, 0.2) is 48.5 Å². The third-order valence-corrected chi connectivity index (χ3v) is 3.45. The molecule has 0 heterocycles. The summed E-state index contributed by atoms with van der Waals surface area (Å²) in [6, 6.07) is 14.0. The molecule has 0 fully saturated rings. The molecule has 6 nitrogen and oxygen atoms in total. The van der Waals surface area contributed by atoms with Crippen molar-refractivity contribution >= 4 is 11.9 Å². The van der Waals surface area contributed by atoms with Crippen LogP contribution < -0.4 is 9.47 Å². The van der Waals surface area contributed by atoms with Crippen LogP contribution in [0.25, 0.3) is 0 Å². The number of methoxy groups -OCH3 is 2. The lowest BCUT2D eigenvalue weighted by Gasteiger charge is -2.17. The minimum Gasteiger partial charge on any atom is -0.497 e. The van der Waals surface area contributed by atoms with Gasteiger partial charge in [0.25, 0.3) is 0 Å². The number of carboxylic acid groups (broad SMARTS) is 1. The van der Waals surface area contributed by atoms with Crippen molar-refractivity contribution in [3.05, 3.63) is 59.7 Å². The number of benzene rings is 2. The van der Waals surface area contributed by atoms with Gasteiger partial charge in [0.15, 0.2) is 5.92 Å². The first-order valence-electron chi connectivity index (χ1n) is 7.22. The van der Waals surface area contributed by atoms with E-state index in [1.807, 2.05) is 30.3 Å². The van der Waals surface area contributed by atoms with E-state index in [0.717, 1.165) is 12.7 Å². The molecule has 1 unspecified atom stereocenters. The smallest absolute Gasteiger partial charge is 0.324 e. The largest absolute Gasteiger partial charge is 0.497 e. The van der Waals surface area contributed by atoms with E-state index in [0.29, 0.717) is 5.75 Å². The number of rotatable bonds is 7. The van der Waals surface area contributed by atoms with Gasteiger partial charge in [-0.2, -0.15) is 0 Å². The first-order valence-corrected chi connectivity index (χ1v) is 7.22. The summed E-state index contributed by atoms with van der Waals surface area (Å²) in [5.74, 6) is -2.88. The van der Waals surface area contributed by atoms with Gasteiger partial charge < -0.3 is 19.3 Å². The summed E-state index contributed by atoms with van der Waals surface area (Å²) < 4.78 is 15.5. The van der Waals surface area contributed by atoms with Crippen molar-refractivity contribution in [2.45, 2.75) is 12.5 Å². The highest BCUT2D eigenvalue weighted by Crippen LogP contribution is 2.32. The molecular weight excluding hydrogens is 312 g/mol. The molecule has 0 bridgehead atoms. The van der Waals surface area contributed by atoms with Crippen molar-refractivity contribution < 1.29 is 28.9 Å². The van der Waals surface area contributed by atoms with Crippen LogP contribution in [-0.4, -0.2) is 31.3 Å². The first kappa shape index (κ1) is 17.3. The molecule has 0 saturated carbocycles. The van der Waals surface area contributed by atoms with Gasteiger partial charge in [-0.25, -0.2) is 0 Å². The summed E-state index contributed by atoms with van der Waals surface area (Å²) in [5.41, 5.74) is 1.13. The Labute approximate surface area is 139 Å². The van der Waals surface area contributed by atoms with E-state index in [9.17, 15) is 14.7 Å². The van der Waals surface area contributed by atoms with E-state index in [2.05, 4.69) is 4.74 Å². The van der Waals surface area contributed by atoms with Crippen LogP contribution in [-0.2, 0) is 20.9 Å². The van der Waals surface area contributed by atoms with Crippen molar-refractivity contribution in [3.8, 4) is 11.5 Å². The van der Waals surface area contributed by atoms with Gasteiger partial charge in [-0.15, -0.1) is 0 Å². The molecule has 6 heteroatoms. The molecule has 0 aromatic heterocycles. The number of carbonyl (C=O) groups excluding carboxylic acids is 1. The topological polar surface area (TPSA) is 82.1 Å². The Morgan fingerprint density at radius 3 is 2.38 bits per heavy atom. The van der Waals surface area contributed by atoms with Gasteiger partial charge in [0.1, 0.15) is 18.1 Å². The number of aliphatic carboxylic acids is 1. The molecule has 2 rings (SSSR count). The van der Waals surface area contributed by atoms with E-state index in [1.165, 1.54) is 13.2 Å². The van der Waals surface area contributed by atoms with E-state index in [-0.39, 0.29) is 17.9 Å². The summed E-state index contributed by atoms with van der Waals surface area (Å²) in [6.07, 6.45) is 0. The highest BCUT2D eigenvalue weighted by Gasteiger charge is 2.32. The van der Waals surface area contributed by atoms with Crippen LogP contribution >= 0.6 is 0 Å². The lowest BCUT2D eigenvalue weighted by atomic mass is 9.98. The number of hydrogen-bond acceptors (Lipinski definition) is 5. The fourth-order valence-corrected chi connectivity index (χ4v) is 2.22. The molecule has 0 radical (unpaired) electrons. The predicted octanol–water partition coefficient (Wildman–Crippen LogP) is 2.62. The van der Waals surface area contributed by atoms with E-state index < -0.39 is 17.9 Å². The third-order valence-electron chi connectivity index (χ3n) is 3.45. The maximum atomic E-state index is 11.8. The second-order valence-electron chi connectivity index (χ2n) is 4.97. The molecule has 24 heavy (non-hydrogen) atoms. The summed E-state index contributed by atoms with van der Waals surface area (Å²) in [7, 11) is 2.64. The summed E-state index contributed by atoms with van der Waals surface area (Å²) in [6.45, 7) is 0.231. The fourth-order valence-electron chi connectivity index (χ4n) is 2.22. The van der Waals surface area contributed by atoms with Gasteiger partial charge in [-0.05, 0) is 11.6 Å². The second-order valence-corrected chi connectivity index (χ2v) is 4.97. The number of carboxylic acids is 1. The molecule has 1 N–H and O–H groups in total. The van der Waals surface area contributed by atoms with E-state index in [4.69, 9.17) is 9.47 Å². The Morgan fingerprint density at radius 1 is 1.08 bits per heavy atom. The molecule has 0 aliphatic heterocycles. The van der Waals surface area contributed by atoms with Crippen LogP contribution in [0.5, 0.6) is 11.5 Å². The van der Waals surface area contributed by atoms with Crippen molar-refractivity contribution in [2.75, 3.05) is 14.2 Å². The Morgan fingerprint density at radius 2 is 1.79 bits per heavy atom. The Hall–Kier alpha value is -3.02. The molecule has 0 spiro atoms. The van der Waals surface area contributed by atoms with Crippen LogP contribution in [0, 0.1) is 0 Å². The molecule has 0 aliphatic rings. The Balaban J connectivity index is 2.36. The molecule has 2 aromatic carbocycles. The van der Waals surface area contributed by atoms with Gasteiger partial charge >= 0.3 is 11.9 Å². The van der Waals surface area contributed by atoms with Crippen LogP contribution in [0.2, 0.25) is 0 Å². The average molecular weight is 330 g/mol. The fraction of sp³-hybridized carbons (Fsp3) is 0.222. The van der Waals surface area contributed by atoms with Crippen molar-refractivity contribution in [1.29, 1.82) is 0 Å². The normalized spacial score (nSPS) is 11.4. The summed E-state index contributed by atoms with van der Waals surface area (Å²) >= 11 is 0. The highest BCUT2D eigenvalue weighted by molar-refractivity contribution is 6.00. The van der Waals surface area contributed by atoms with E-state index >= 15 is 0 Å². The zero-order chi connectivity index (χ0) is 17.5. The minimum absolute atomic E-state index is 0.214. The zero-order valence-electron chi connectivity index (χ0n) is 13.4. The highest BCUT2D eigenvalue weighted by atomic mass is 16.5. The van der Waals surface area contributed by atoms with Gasteiger partial charge in [0.05, 0.1) is 14.2 Å². The molecule has 0 saturated heterocycles. The quantitative estimate of drug-likeness (QED) is 0.621. The zero-order valence-corrected chi connectivity index (χ0v) is 13.4. The van der Waals surface area contributed by atoms with Crippen molar-refractivity contribution in [3.63, 3.8) is 0 Å². The van der Waals surface area contributed by atoms with E-state index in [1.54, 1.807) is 12.1 Å². The number of carbonyl (C=O) groups is 2.